The molecule has 4 heteroatoms. The zero-order chi connectivity index (χ0) is 11.9. The van der Waals surface area contributed by atoms with Gasteiger partial charge in [0.1, 0.15) is 5.67 Å². The van der Waals surface area contributed by atoms with Gasteiger partial charge in [-0.05, 0) is 32.1 Å². The summed E-state index contributed by atoms with van der Waals surface area (Å²) < 4.78 is 52.6. The van der Waals surface area contributed by atoms with Crippen molar-refractivity contribution in [2.24, 2.45) is 11.3 Å². The second kappa shape index (κ2) is 3.63. The molecule has 15 heavy (non-hydrogen) atoms. The highest BCUT2D eigenvalue weighted by atomic mass is 19.4. The van der Waals surface area contributed by atoms with E-state index in [1.165, 1.54) is 6.92 Å². The van der Waals surface area contributed by atoms with E-state index in [9.17, 15) is 17.6 Å². The fourth-order valence-electron chi connectivity index (χ4n) is 2.38. The van der Waals surface area contributed by atoms with Gasteiger partial charge in [0.25, 0.3) is 0 Å². The minimum atomic E-state index is -4.45. The van der Waals surface area contributed by atoms with Crippen molar-refractivity contribution in [3.05, 3.63) is 0 Å². The summed E-state index contributed by atoms with van der Waals surface area (Å²) in [6, 6.07) is 0. The van der Waals surface area contributed by atoms with E-state index < -0.39 is 23.2 Å². The third-order valence-corrected chi connectivity index (χ3v) is 3.92. The van der Waals surface area contributed by atoms with Crippen molar-refractivity contribution in [2.75, 3.05) is 0 Å². The number of hydrogen-bond acceptors (Lipinski definition) is 0. The number of hydrogen-bond donors (Lipinski definition) is 0. The Morgan fingerprint density at radius 3 is 2.13 bits per heavy atom. The van der Waals surface area contributed by atoms with Crippen LogP contribution in [0.1, 0.15) is 46.5 Å². The standard InChI is InChI=1S/C11H18F4/c1-4-6-8-7-10(8,12)9(3,5-2)11(13,14)15/h8H,4-7H2,1-3H3. The first-order valence-corrected chi connectivity index (χ1v) is 5.48. The van der Waals surface area contributed by atoms with Gasteiger partial charge in [-0.1, -0.05) is 20.3 Å². The molecule has 0 N–H and O–H groups in total. The van der Waals surface area contributed by atoms with Crippen molar-refractivity contribution >= 4 is 0 Å². The van der Waals surface area contributed by atoms with Crippen LogP contribution in [0.25, 0.3) is 0 Å². The fraction of sp³-hybridized carbons (Fsp3) is 1.00. The molecule has 0 saturated heterocycles. The van der Waals surface area contributed by atoms with E-state index in [4.69, 9.17) is 0 Å². The zero-order valence-corrected chi connectivity index (χ0v) is 9.42. The molecule has 1 rings (SSSR count). The molecule has 0 spiro atoms. The predicted octanol–water partition coefficient (Wildman–Crippen LogP) is 4.49. The van der Waals surface area contributed by atoms with E-state index in [2.05, 4.69) is 0 Å². The molecule has 0 bridgehead atoms. The molecule has 90 valence electrons. The zero-order valence-electron chi connectivity index (χ0n) is 9.42. The number of alkyl halides is 4. The van der Waals surface area contributed by atoms with Crippen molar-refractivity contribution in [3.8, 4) is 0 Å². The molecule has 0 nitrogen and oxygen atoms in total. The third kappa shape index (κ3) is 1.76. The lowest BCUT2D eigenvalue weighted by atomic mass is 9.78. The van der Waals surface area contributed by atoms with Crippen molar-refractivity contribution in [3.63, 3.8) is 0 Å². The number of halogens is 4. The van der Waals surface area contributed by atoms with Gasteiger partial charge >= 0.3 is 6.18 Å². The van der Waals surface area contributed by atoms with E-state index in [-0.39, 0.29) is 12.8 Å². The minimum Gasteiger partial charge on any atom is -0.243 e. The summed E-state index contributed by atoms with van der Waals surface area (Å²) in [6.07, 6.45) is -3.26. The van der Waals surface area contributed by atoms with E-state index >= 15 is 0 Å². The lowest BCUT2D eigenvalue weighted by Crippen LogP contribution is -2.45. The molecule has 0 aromatic heterocycles. The van der Waals surface area contributed by atoms with E-state index in [0.29, 0.717) is 6.42 Å². The molecule has 0 amide bonds. The molecular weight excluding hydrogens is 208 g/mol. The topological polar surface area (TPSA) is 0 Å². The maximum absolute atomic E-state index is 14.2. The van der Waals surface area contributed by atoms with Crippen LogP contribution in [0.15, 0.2) is 0 Å². The van der Waals surface area contributed by atoms with Crippen LogP contribution >= 0.6 is 0 Å². The Labute approximate surface area is 88.0 Å². The Hall–Kier alpha value is -0.280. The second-order valence-electron chi connectivity index (χ2n) is 4.74. The summed E-state index contributed by atoms with van der Waals surface area (Å²) >= 11 is 0. The van der Waals surface area contributed by atoms with Crippen LogP contribution in [0.3, 0.4) is 0 Å². The van der Waals surface area contributed by atoms with Crippen LogP contribution in [-0.4, -0.2) is 11.8 Å². The summed E-state index contributed by atoms with van der Waals surface area (Å²) in [4.78, 5) is 0. The van der Waals surface area contributed by atoms with Gasteiger partial charge in [-0.15, -0.1) is 0 Å². The van der Waals surface area contributed by atoms with Crippen LogP contribution < -0.4 is 0 Å². The molecule has 0 radical (unpaired) electrons. The normalized spacial score (nSPS) is 35.0. The Bertz CT molecular complexity index is 235. The summed E-state index contributed by atoms with van der Waals surface area (Å²) in [6.45, 7) is 4.30. The van der Waals surface area contributed by atoms with Crippen molar-refractivity contribution in [1.82, 2.24) is 0 Å². The highest BCUT2D eigenvalue weighted by Gasteiger charge is 2.73. The fourth-order valence-corrected chi connectivity index (χ4v) is 2.38. The summed E-state index contributed by atoms with van der Waals surface area (Å²) in [5.41, 5.74) is -4.18. The molecule has 0 heterocycles. The molecule has 1 aliphatic carbocycles. The first-order chi connectivity index (χ1) is 6.73. The average Bonchev–Trinajstić information content (AvgIpc) is 2.76. The van der Waals surface area contributed by atoms with Crippen molar-refractivity contribution in [1.29, 1.82) is 0 Å². The predicted molar refractivity (Wildman–Crippen MR) is 51.3 cm³/mol. The molecule has 0 aliphatic heterocycles. The van der Waals surface area contributed by atoms with E-state index in [0.717, 1.165) is 13.3 Å². The third-order valence-electron chi connectivity index (χ3n) is 3.92. The average molecular weight is 226 g/mol. The van der Waals surface area contributed by atoms with Gasteiger partial charge in [0.2, 0.25) is 0 Å². The first kappa shape index (κ1) is 12.8. The Balaban J connectivity index is 2.86. The van der Waals surface area contributed by atoms with Crippen molar-refractivity contribution < 1.29 is 17.6 Å². The maximum atomic E-state index is 14.2. The lowest BCUT2D eigenvalue weighted by Gasteiger charge is -2.35. The SMILES string of the molecule is CCCC1CC1(F)C(C)(CC)C(F)(F)F. The minimum absolute atomic E-state index is 0.0741. The first-order valence-electron chi connectivity index (χ1n) is 5.48. The molecule has 1 fully saturated rings. The quantitative estimate of drug-likeness (QED) is 0.619. The summed E-state index contributed by atoms with van der Waals surface area (Å²) in [7, 11) is 0. The van der Waals surface area contributed by atoms with Gasteiger partial charge in [-0.25, -0.2) is 4.39 Å². The van der Waals surface area contributed by atoms with Gasteiger partial charge < -0.3 is 0 Å². The lowest BCUT2D eigenvalue weighted by molar-refractivity contribution is -0.247. The van der Waals surface area contributed by atoms with Crippen molar-refractivity contribution in [2.45, 2.75) is 58.3 Å². The van der Waals surface area contributed by atoms with Gasteiger partial charge in [-0.2, -0.15) is 13.2 Å². The van der Waals surface area contributed by atoms with Gasteiger partial charge in [0.15, 0.2) is 0 Å². The largest absolute Gasteiger partial charge is 0.397 e. The Morgan fingerprint density at radius 2 is 1.80 bits per heavy atom. The van der Waals surface area contributed by atoms with E-state index in [1.807, 2.05) is 6.92 Å². The molecule has 1 saturated carbocycles. The number of rotatable bonds is 4. The van der Waals surface area contributed by atoms with Crippen LogP contribution in [-0.2, 0) is 0 Å². The summed E-state index contributed by atoms with van der Waals surface area (Å²) in [5, 5.41) is 0. The summed E-state index contributed by atoms with van der Waals surface area (Å²) in [5.74, 6) is -0.394. The van der Waals surface area contributed by atoms with Gasteiger partial charge in [-0.3, -0.25) is 0 Å². The van der Waals surface area contributed by atoms with Gasteiger partial charge in [0, 0.05) is 0 Å². The highest BCUT2D eigenvalue weighted by molar-refractivity contribution is 5.15. The second-order valence-corrected chi connectivity index (χ2v) is 4.74. The van der Waals surface area contributed by atoms with Crippen LogP contribution in [0.4, 0.5) is 17.6 Å². The van der Waals surface area contributed by atoms with Crippen LogP contribution in [0.2, 0.25) is 0 Å². The van der Waals surface area contributed by atoms with Gasteiger partial charge in [0.05, 0.1) is 5.41 Å². The van der Waals surface area contributed by atoms with Crippen LogP contribution in [0, 0.1) is 11.3 Å². The molecule has 1 aliphatic rings. The molecule has 0 aromatic carbocycles. The molecule has 3 atom stereocenters. The van der Waals surface area contributed by atoms with Crippen LogP contribution in [0.5, 0.6) is 0 Å². The van der Waals surface area contributed by atoms with E-state index in [1.54, 1.807) is 0 Å². The molecular formula is C11H18F4. The maximum Gasteiger partial charge on any atom is 0.397 e. The monoisotopic (exact) mass is 226 g/mol. The molecule has 3 unspecified atom stereocenters. The highest BCUT2D eigenvalue weighted by Crippen LogP contribution is 2.66. The Kier molecular flexibility index (Phi) is 3.10. The smallest absolute Gasteiger partial charge is 0.243 e. The Morgan fingerprint density at radius 1 is 1.27 bits per heavy atom. The molecule has 0 aromatic rings.